The molecule has 35 heavy (non-hydrogen) atoms. The molecule has 1 N–H and O–H groups in total. The Balaban J connectivity index is 1.42. The lowest BCUT2D eigenvalue weighted by Gasteiger charge is -2.11. The number of nitrogens with zero attached hydrogens (tertiary/aromatic N) is 2. The molecule has 4 aromatic rings. The molecule has 8 heteroatoms. The summed E-state index contributed by atoms with van der Waals surface area (Å²) in [6.07, 6.45) is 0. The van der Waals surface area contributed by atoms with Crippen LogP contribution in [-0.4, -0.2) is 29.9 Å². The van der Waals surface area contributed by atoms with E-state index in [1.165, 1.54) is 16.8 Å². The van der Waals surface area contributed by atoms with Crippen molar-refractivity contribution in [2.45, 2.75) is 13.2 Å². The van der Waals surface area contributed by atoms with Gasteiger partial charge in [0.15, 0.2) is 0 Å². The van der Waals surface area contributed by atoms with Crippen LogP contribution in [0.3, 0.4) is 0 Å². The zero-order valence-electron chi connectivity index (χ0n) is 19.4. The molecule has 178 valence electrons. The van der Waals surface area contributed by atoms with Crippen molar-refractivity contribution >= 4 is 5.91 Å². The van der Waals surface area contributed by atoms with Gasteiger partial charge in [0.05, 0.1) is 19.9 Å². The van der Waals surface area contributed by atoms with E-state index in [9.17, 15) is 9.59 Å². The summed E-state index contributed by atoms with van der Waals surface area (Å²) in [5, 5.41) is 7.18. The van der Waals surface area contributed by atoms with Crippen LogP contribution < -0.4 is 25.1 Å². The molecule has 0 aliphatic heterocycles. The lowest BCUT2D eigenvalue weighted by Crippen LogP contribution is -2.23. The Morgan fingerprint density at radius 3 is 2.34 bits per heavy atom. The lowest BCUT2D eigenvalue weighted by atomic mass is 10.1. The Labute approximate surface area is 202 Å². The molecule has 0 aliphatic carbocycles. The molecule has 0 spiro atoms. The summed E-state index contributed by atoms with van der Waals surface area (Å²) >= 11 is 0. The maximum Gasteiger partial charge on any atom is 0.271 e. The molecule has 1 heterocycles. The van der Waals surface area contributed by atoms with Crippen LogP contribution in [0.25, 0.3) is 5.69 Å². The maximum atomic E-state index is 12.6. The van der Waals surface area contributed by atoms with E-state index in [2.05, 4.69) is 10.4 Å². The molecule has 3 aromatic carbocycles. The molecule has 8 nitrogen and oxygen atoms in total. The molecular formula is C27H25N3O5. The van der Waals surface area contributed by atoms with Crippen molar-refractivity contribution in [1.29, 1.82) is 0 Å². The fourth-order valence-corrected chi connectivity index (χ4v) is 3.42. The predicted molar refractivity (Wildman–Crippen MR) is 131 cm³/mol. The summed E-state index contributed by atoms with van der Waals surface area (Å²) in [6.45, 7) is 0.625. The predicted octanol–water partition coefficient (Wildman–Crippen LogP) is 3.76. The zero-order chi connectivity index (χ0) is 24.6. The number of rotatable bonds is 9. The van der Waals surface area contributed by atoms with E-state index in [1.807, 2.05) is 48.5 Å². The van der Waals surface area contributed by atoms with Crippen molar-refractivity contribution in [2.75, 3.05) is 14.2 Å². The number of benzene rings is 3. The molecule has 1 aromatic heterocycles. The average Bonchev–Trinajstić information content (AvgIpc) is 2.91. The summed E-state index contributed by atoms with van der Waals surface area (Å²) in [5.41, 5.74) is 2.49. The summed E-state index contributed by atoms with van der Waals surface area (Å²) in [7, 11) is 3.20. The molecule has 0 saturated heterocycles. The Bertz CT molecular complexity index is 1350. The molecule has 0 saturated carbocycles. The molecule has 0 fully saturated rings. The Hall–Kier alpha value is -4.59. The Kier molecular flexibility index (Phi) is 7.42. The minimum Gasteiger partial charge on any atom is -0.497 e. The third-order valence-electron chi connectivity index (χ3n) is 5.33. The molecule has 4 rings (SSSR count). The minimum atomic E-state index is -0.310. The van der Waals surface area contributed by atoms with E-state index >= 15 is 0 Å². The summed E-state index contributed by atoms with van der Waals surface area (Å²) in [6, 6.07) is 24.5. The lowest BCUT2D eigenvalue weighted by molar-refractivity contribution is 0.0950. The SMILES string of the molecule is COc1ccc(COc2ccc(=O)n(-c3ccc(C(=O)NCc4ccccc4OC)cc3)n2)cc1. The number of carbonyl (C=O) groups is 1. The number of aromatic nitrogens is 2. The van der Waals surface area contributed by atoms with Gasteiger partial charge in [0.2, 0.25) is 5.88 Å². The van der Waals surface area contributed by atoms with Crippen LogP contribution in [0, 0.1) is 0 Å². The van der Waals surface area contributed by atoms with Crippen molar-refractivity contribution in [3.05, 3.63) is 112 Å². The van der Waals surface area contributed by atoms with Crippen molar-refractivity contribution in [2.24, 2.45) is 0 Å². The van der Waals surface area contributed by atoms with Gasteiger partial charge in [-0.3, -0.25) is 9.59 Å². The third-order valence-corrected chi connectivity index (χ3v) is 5.33. The number of ether oxygens (including phenoxy) is 3. The first kappa shape index (κ1) is 23.6. The van der Waals surface area contributed by atoms with Crippen LogP contribution >= 0.6 is 0 Å². The molecular weight excluding hydrogens is 446 g/mol. The Morgan fingerprint density at radius 1 is 0.886 bits per heavy atom. The van der Waals surface area contributed by atoms with Crippen molar-refractivity contribution < 1.29 is 19.0 Å². The highest BCUT2D eigenvalue weighted by atomic mass is 16.5. The molecule has 0 atom stereocenters. The number of amides is 1. The molecule has 1 amide bonds. The highest BCUT2D eigenvalue weighted by molar-refractivity contribution is 5.94. The van der Waals surface area contributed by atoms with E-state index in [1.54, 1.807) is 38.5 Å². The summed E-state index contributed by atoms with van der Waals surface area (Å²) in [4.78, 5) is 25.0. The maximum absolute atomic E-state index is 12.6. The quantitative estimate of drug-likeness (QED) is 0.400. The summed E-state index contributed by atoms with van der Waals surface area (Å²) in [5.74, 6) is 1.54. The first-order chi connectivity index (χ1) is 17.1. The smallest absolute Gasteiger partial charge is 0.271 e. The second-order valence-corrected chi connectivity index (χ2v) is 7.60. The number of para-hydroxylation sites is 1. The van der Waals surface area contributed by atoms with Gasteiger partial charge in [0.1, 0.15) is 18.1 Å². The van der Waals surface area contributed by atoms with Gasteiger partial charge in [-0.05, 0) is 48.0 Å². The van der Waals surface area contributed by atoms with Crippen LogP contribution in [0.5, 0.6) is 17.4 Å². The first-order valence-electron chi connectivity index (χ1n) is 10.9. The van der Waals surface area contributed by atoms with E-state index in [0.29, 0.717) is 36.0 Å². The van der Waals surface area contributed by atoms with Crippen molar-refractivity contribution in [1.82, 2.24) is 15.1 Å². The summed E-state index contributed by atoms with van der Waals surface area (Å²) < 4.78 is 17.5. The van der Waals surface area contributed by atoms with Crippen LogP contribution in [-0.2, 0) is 13.2 Å². The monoisotopic (exact) mass is 471 g/mol. The van der Waals surface area contributed by atoms with E-state index < -0.39 is 0 Å². The number of hydrogen-bond acceptors (Lipinski definition) is 6. The van der Waals surface area contributed by atoms with Gasteiger partial charge in [0.25, 0.3) is 11.5 Å². The fraction of sp³-hybridized carbons (Fsp3) is 0.148. The normalized spacial score (nSPS) is 10.5. The van der Waals surface area contributed by atoms with Gasteiger partial charge >= 0.3 is 0 Å². The van der Waals surface area contributed by atoms with Crippen LogP contribution in [0.1, 0.15) is 21.5 Å². The van der Waals surface area contributed by atoms with Gasteiger partial charge in [-0.1, -0.05) is 30.3 Å². The first-order valence-corrected chi connectivity index (χ1v) is 10.9. The minimum absolute atomic E-state index is 0.237. The van der Waals surface area contributed by atoms with Gasteiger partial charge in [-0.25, -0.2) is 0 Å². The number of nitrogens with one attached hydrogen (secondary N) is 1. The fourth-order valence-electron chi connectivity index (χ4n) is 3.42. The largest absolute Gasteiger partial charge is 0.497 e. The number of hydrogen-bond donors (Lipinski definition) is 1. The molecule has 0 aliphatic rings. The Morgan fingerprint density at radius 2 is 1.63 bits per heavy atom. The van der Waals surface area contributed by atoms with Gasteiger partial charge < -0.3 is 19.5 Å². The zero-order valence-corrected chi connectivity index (χ0v) is 19.4. The second-order valence-electron chi connectivity index (χ2n) is 7.60. The second kappa shape index (κ2) is 11.0. The van der Waals surface area contributed by atoms with E-state index in [4.69, 9.17) is 14.2 Å². The van der Waals surface area contributed by atoms with Crippen LogP contribution in [0.4, 0.5) is 0 Å². The number of carbonyl (C=O) groups excluding carboxylic acids is 1. The topological polar surface area (TPSA) is 91.7 Å². The highest BCUT2D eigenvalue weighted by Crippen LogP contribution is 2.17. The average molecular weight is 472 g/mol. The van der Waals surface area contributed by atoms with E-state index in [-0.39, 0.29) is 11.5 Å². The van der Waals surface area contributed by atoms with Gasteiger partial charge in [-0.15, -0.1) is 5.10 Å². The van der Waals surface area contributed by atoms with E-state index in [0.717, 1.165) is 16.9 Å². The molecule has 0 unspecified atom stereocenters. The standard InChI is InChI=1S/C27H25N3O5/c1-33-23-13-7-19(8-14-23)18-35-25-15-16-26(31)30(29-25)22-11-9-20(10-12-22)27(32)28-17-21-5-3-4-6-24(21)34-2/h3-16H,17-18H2,1-2H3,(H,28,32). The highest BCUT2D eigenvalue weighted by Gasteiger charge is 2.10. The third kappa shape index (κ3) is 5.86. The number of methoxy groups -OCH3 is 2. The molecule has 0 radical (unpaired) electrons. The van der Waals surface area contributed by atoms with Gasteiger partial charge in [0, 0.05) is 29.8 Å². The van der Waals surface area contributed by atoms with Crippen LogP contribution in [0.2, 0.25) is 0 Å². The molecule has 0 bridgehead atoms. The van der Waals surface area contributed by atoms with Crippen molar-refractivity contribution in [3.8, 4) is 23.1 Å². The van der Waals surface area contributed by atoms with Gasteiger partial charge in [-0.2, -0.15) is 4.68 Å². The van der Waals surface area contributed by atoms with Crippen LogP contribution in [0.15, 0.2) is 89.7 Å². The van der Waals surface area contributed by atoms with Crippen molar-refractivity contribution in [3.63, 3.8) is 0 Å².